The van der Waals surface area contributed by atoms with Gasteiger partial charge in [0.15, 0.2) is 6.10 Å². The van der Waals surface area contributed by atoms with E-state index in [-0.39, 0.29) is 5.91 Å². The Hall–Kier alpha value is 0.0448. The van der Waals surface area contributed by atoms with Gasteiger partial charge in [-0.25, -0.2) is 14.2 Å². The Labute approximate surface area is 278 Å². The van der Waals surface area contributed by atoms with Gasteiger partial charge in [-0.3, -0.25) is 4.79 Å². The summed E-state index contributed by atoms with van der Waals surface area (Å²) in [6.45, 7) is 1.64. The fraction of sp³-hybridized carbons (Fsp3) is 0.318. The Morgan fingerprint density at radius 1 is 1.18 bits per heavy atom. The van der Waals surface area contributed by atoms with Gasteiger partial charge in [-0.05, 0) is 36.5 Å². The van der Waals surface area contributed by atoms with Crippen molar-refractivity contribution < 1.29 is 13.7 Å². The van der Waals surface area contributed by atoms with E-state index < -0.39 is 26.3 Å². The number of nitrogens with zero attached hydrogens (tertiary/aromatic N) is 3. The van der Waals surface area contributed by atoms with Crippen molar-refractivity contribution in [3.8, 4) is 5.75 Å². The molecule has 0 aliphatic carbocycles. The van der Waals surface area contributed by atoms with Crippen LogP contribution in [0.25, 0.3) is 10.9 Å². The minimum Gasteiger partial charge on any atom is -0.479 e. The van der Waals surface area contributed by atoms with E-state index in [2.05, 4.69) is 111 Å². The first-order valence-corrected chi connectivity index (χ1v) is 17.9. The van der Waals surface area contributed by atoms with Gasteiger partial charge in [-0.15, -0.1) is 18.5 Å². The minimum atomic E-state index is -2.38. The average molecular weight is 913 g/mol. The predicted octanol–water partition coefficient (Wildman–Crippen LogP) is 3.10. The number of benzene rings is 2. The molecule has 4 atom stereocenters. The first-order valence-electron chi connectivity index (χ1n) is 11.1. The number of fused-ring (bicyclic) bond motifs is 1. The number of anilines is 2. The van der Waals surface area contributed by atoms with E-state index in [4.69, 9.17) is 28.3 Å². The first-order chi connectivity index (χ1) is 17.8. The summed E-state index contributed by atoms with van der Waals surface area (Å²) in [7, 11) is 21.2. The molecular weight excluding hydrogens is 889 g/mol. The van der Waals surface area contributed by atoms with Crippen LogP contribution >= 0.6 is 86.3 Å². The molecule has 39 heavy (non-hydrogen) atoms. The molecule has 8 nitrogen and oxygen atoms in total. The molecule has 0 fully saturated rings. The van der Waals surface area contributed by atoms with E-state index in [0.29, 0.717) is 39.3 Å². The fourth-order valence-electron chi connectivity index (χ4n) is 3.47. The summed E-state index contributed by atoms with van der Waals surface area (Å²) >= 11 is 6.52. The predicted molar refractivity (Wildman–Crippen MR) is 197 cm³/mol. The average Bonchev–Trinajstić information content (AvgIpc) is 2.76. The molecule has 3 unspecified atom stereocenters. The Morgan fingerprint density at radius 2 is 1.85 bits per heavy atom. The lowest BCUT2D eigenvalue weighted by Crippen LogP contribution is -2.58. The number of alkyl halides is 3. The highest BCUT2D eigenvalue weighted by Crippen LogP contribution is 2.43. The molecule has 0 aliphatic rings. The summed E-state index contributed by atoms with van der Waals surface area (Å²) in [6, 6.07) is 8.20. The van der Waals surface area contributed by atoms with Gasteiger partial charge in [0.2, 0.25) is 0 Å². The molecule has 17 heteroatoms. The van der Waals surface area contributed by atoms with Crippen molar-refractivity contribution in [1.82, 2.24) is 15.3 Å². The maximum Gasteiger partial charge on any atom is 0.261 e. The maximum absolute atomic E-state index is 13.1. The second-order valence-electron chi connectivity index (χ2n) is 9.05. The van der Waals surface area contributed by atoms with E-state index in [0.717, 1.165) is 5.30 Å². The number of amides is 1. The monoisotopic (exact) mass is 913 g/mol. The van der Waals surface area contributed by atoms with Gasteiger partial charge in [-0.1, -0.05) is 84.3 Å². The third-order valence-corrected chi connectivity index (χ3v) is 8.34. The van der Waals surface area contributed by atoms with Gasteiger partial charge in [0, 0.05) is 27.6 Å². The number of nitrogens with one attached hydrogen (secondary N) is 2. The molecule has 2 aromatic carbocycles. The topological polar surface area (TPSA) is 106 Å². The maximum atomic E-state index is 13.1. The minimum absolute atomic E-state index is 0.367. The number of carbonyl (C=O) groups is 1. The number of aromatic nitrogens is 2. The van der Waals surface area contributed by atoms with Gasteiger partial charge >= 0.3 is 0 Å². The van der Waals surface area contributed by atoms with Gasteiger partial charge in [0.25, 0.3) is 5.91 Å². The molecule has 3 aromatic rings. The highest BCUT2D eigenvalue weighted by atomic mass is 127. The third kappa shape index (κ3) is 9.52. The molecular formula is C22H23B3I3N5O3P2S. The van der Waals surface area contributed by atoms with Crippen molar-refractivity contribution >= 4 is 164 Å². The van der Waals surface area contributed by atoms with Crippen LogP contribution in [0.5, 0.6) is 5.75 Å². The molecule has 0 aliphatic heterocycles. The molecule has 2 N–H and O–H groups in total. The van der Waals surface area contributed by atoms with Gasteiger partial charge in [0.05, 0.1) is 38.6 Å². The van der Waals surface area contributed by atoms with Crippen LogP contribution in [0, 0.1) is 0 Å². The van der Waals surface area contributed by atoms with Crippen LogP contribution in [0.4, 0.5) is 17.2 Å². The van der Waals surface area contributed by atoms with Crippen LogP contribution in [-0.2, 0) is 14.5 Å². The smallest absolute Gasteiger partial charge is 0.261 e. The number of hydrogen-bond acceptors (Lipinski definition) is 7. The van der Waals surface area contributed by atoms with Crippen LogP contribution in [0.2, 0.25) is 0 Å². The Morgan fingerprint density at radius 3 is 2.44 bits per heavy atom. The van der Waals surface area contributed by atoms with Crippen molar-refractivity contribution in [3.05, 3.63) is 36.7 Å². The molecule has 0 bridgehead atoms. The van der Waals surface area contributed by atoms with E-state index in [1.54, 1.807) is 43.7 Å². The number of rotatable bonds is 9. The molecule has 0 saturated carbocycles. The molecule has 0 saturated heterocycles. The lowest BCUT2D eigenvalue weighted by Gasteiger charge is -2.38. The number of hydrogen-bond donors (Lipinski definition) is 2. The van der Waals surface area contributed by atoms with Crippen molar-refractivity contribution in [2.75, 3.05) is 17.8 Å². The summed E-state index contributed by atoms with van der Waals surface area (Å²) < 4.78 is 22.0. The van der Waals surface area contributed by atoms with E-state index in [1.165, 1.54) is 6.33 Å². The number of carbonyl (C=O) groups excluding carboxylic acids is 1. The Balaban J connectivity index is 1.93. The second-order valence-corrected chi connectivity index (χ2v) is 24.6. The molecule has 200 valence electrons. The van der Waals surface area contributed by atoms with Crippen molar-refractivity contribution in [3.63, 3.8) is 0 Å². The van der Waals surface area contributed by atoms with Crippen LogP contribution in [0.3, 0.4) is 0 Å². The third-order valence-electron chi connectivity index (χ3n) is 5.12. The Bertz CT molecular complexity index is 1510. The Kier molecular flexibility index (Phi) is 11.3. The lowest BCUT2D eigenvalue weighted by atomic mass is 9.65. The van der Waals surface area contributed by atoms with Crippen LogP contribution in [-0.4, -0.2) is 72.7 Å². The molecule has 0 spiro atoms. The van der Waals surface area contributed by atoms with E-state index >= 15 is 0 Å². The van der Waals surface area contributed by atoms with Crippen LogP contribution in [0.1, 0.15) is 6.92 Å². The fourth-order valence-corrected chi connectivity index (χ4v) is 7.77. The van der Waals surface area contributed by atoms with Gasteiger partial charge in [-0.2, -0.15) is 4.36 Å². The summed E-state index contributed by atoms with van der Waals surface area (Å²) in [5.41, 5.74) is 1.92. The second kappa shape index (κ2) is 13.1. The molecule has 6 radical (unpaired) electrons. The zero-order valence-corrected chi connectivity index (χ0v) is 30.7. The zero-order chi connectivity index (χ0) is 29.3. The van der Waals surface area contributed by atoms with Crippen molar-refractivity contribution in [2.24, 2.45) is 4.36 Å². The van der Waals surface area contributed by atoms with Crippen molar-refractivity contribution in [1.29, 1.82) is 0 Å². The largest absolute Gasteiger partial charge is 0.479 e. The summed E-state index contributed by atoms with van der Waals surface area (Å²) in [4.78, 5) is 20.6. The molecule has 3 rings (SSSR count). The lowest BCUT2D eigenvalue weighted by molar-refractivity contribution is -0.127. The zero-order valence-electron chi connectivity index (χ0n) is 21.1. The first kappa shape index (κ1) is 33.5. The molecule has 1 aromatic heterocycles. The summed E-state index contributed by atoms with van der Waals surface area (Å²) in [6.07, 6.45) is 3.60. The number of halogens is 3. The van der Waals surface area contributed by atoms with Crippen molar-refractivity contribution in [2.45, 2.75) is 23.5 Å². The number of ether oxygens (including phenoxy) is 1. The molecule has 1 amide bonds. The normalized spacial score (nSPS) is 13.9. The highest BCUT2D eigenvalue weighted by molar-refractivity contribution is 14.3. The van der Waals surface area contributed by atoms with E-state index in [9.17, 15) is 9.00 Å². The standard InChI is InChI=1S/C22H23B3I3N5O3P2S/c1-10(19(34)32-20(21(24,25)38)22(26,27)28)36-16-8-12(37)4-5-14(16)31-18-17-13(23)6-11(33-39(2,3)35)7-15(17)29-9-30-18/h4-10,20H,37-38H2,1-3H3,(H,32,34)(H,29,30,31)/t10-,20?/m1/s1. The van der Waals surface area contributed by atoms with E-state index in [1.807, 2.05) is 6.07 Å². The van der Waals surface area contributed by atoms with Gasteiger partial charge < -0.3 is 15.4 Å². The van der Waals surface area contributed by atoms with Gasteiger partial charge in [0.1, 0.15) is 25.2 Å². The summed E-state index contributed by atoms with van der Waals surface area (Å²) in [5.74, 6) is 0.464. The van der Waals surface area contributed by atoms with Crippen LogP contribution < -0.4 is 26.1 Å². The highest BCUT2D eigenvalue weighted by Gasteiger charge is 2.40. The molecule has 1 heterocycles. The quantitative estimate of drug-likeness (QED) is 0.148. The van der Waals surface area contributed by atoms with Crippen LogP contribution in [0.15, 0.2) is 41.0 Å². The SMILES string of the molecule is [B]c1cc(N=S(C)(C)=O)cc2ncnc(Nc3ccc(P)cc3O[C@H](C)C(=O)NC(C([B])([B])P)C(I)(I)I)c12. The summed E-state index contributed by atoms with van der Waals surface area (Å²) in [5, 5.41) is 7.57.